The summed E-state index contributed by atoms with van der Waals surface area (Å²) in [6, 6.07) is 0.163. The van der Waals surface area contributed by atoms with Gasteiger partial charge in [0.05, 0.1) is 5.60 Å². The minimum atomic E-state index is -0.905. The van der Waals surface area contributed by atoms with E-state index in [1.807, 2.05) is 0 Å². The molecule has 0 radical (unpaired) electrons. The topological polar surface area (TPSA) is 85.0 Å². The van der Waals surface area contributed by atoms with Crippen molar-refractivity contribution >= 4 is 6.09 Å². The molecule has 19 heavy (non-hydrogen) atoms. The summed E-state index contributed by atoms with van der Waals surface area (Å²) < 4.78 is 0. The number of aliphatic hydroxyl groups is 1. The van der Waals surface area contributed by atoms with Crippen LogP contribution in [0.5, 0.6) is 0 Å². The second-order valence-electron chi connectivity index (χ2n) is 5.72. The van der Waals surface area contributed by atoms with Gasteiger partial charge in [-0.25, -0.2) is 4.79 Å². The zero-order chi connectivity index (χ0) is 13.7. The first-order valence-corrected chi connectivity index (χ1v) is 7.15. The van der Waals surface area contributed by atoms with E-state index < -0.39 is 11.7 Å². The number of hydrogen-bond donors (Lipinski definition) is 2. The summed E-state index contributed by atoms with van der Waals surface area (Å²) in [4.78, 5) is 23.0. The Kier molecular flexibility index (Phi) is 5.01. The molecule has 0 aromatic rings. The Morgan fingerprint density at radius 2 is 1.89 bits per heavy atom. The first-order chi connectivity index (χ1) is 9.09. The number of amides is 1. The molecular weight excluding hydrogens is 248 g/mol. The molecule has 3 N–H and O–H groups in total. The fourth-order valence-electron chi connectivity index (χ4n) is 2.64. The van der Waals surface area contributed by atoms with Crippen LogP contribution in [0.15, 0.2) is 0 Å². The van der Waals surface area contributed by atoms with Crippen LogP contribution >= 0.6 is 0 Å². The molecular formula is C13H24N2O4. The molecule has 110 valence electrons. The molecule has 0 atom stereocenters. The Bertz CT molecular complexity index is 297. The summed E-state index contributed by atoms with van der Waals surface area (Å²) in [6.07, 6.45) is 5.47. The lowest BCUT2D eigenvalue weighted by Crippen LogP contribution is -2.43. The quantitative estimate of drug-likeness (QED) is 0.595. The summed E-state index contributed by atoms with van der Waals surface area (Å²) >= 11 is 0. The minimum absolute atomic E-state index is 0.0271. The number of carbonyl (C=O) groups is 1. The normalized spacial score (nSPS) is 32.1. The van der Waals surface area contributed by atoms with Gasteiger partial charge in [-0.05, 0) is 44.9 Å². The van der Waals surface area contributed by atoms with Gasteiger partial charge in [0, 0.05) is 19.1 Å². The zero-order valence-corrected chi connectivity index (χ0v) is 11.3. The largest absolute Gasteiger partial charge is 0.441 e. The highest BCUT2D eigenvalue weighted by Gasteiger charge is 2.33. The van der Waals surface area contributed by atoms with Gasteiger partial charge in [-0.2, -0.15) is 4.89 Å². The van der Waals surface area contributed by atoms with Gasteiger partial charge in [-0.15, -0.1) is 0 Å². The fraction of sp³-hybridized carbons (Fsp3) is 0.923. The third-order valence-corrected chi connectivity index (χ3v) is 4.03. The maximum atomic E-state index is 11.7. The van der Waals surface area contributed by atoms with Crippen molar-refractivity contribution in [2.24, 2.45) is 5.73 Å². The van der Waals surface area contributed by atoms with Gasteiger partial charge < -0.3 is 15.7 Å². The fourth-order valence-corrected chi connectivity index (χ4v) is 2.64. The Hall–Kier alpha value is -0.850. The molecule has 0 aromatic heterocycles. The second-order valence-corrected chi connectivity index (χ2v) is 5.72. The standard InChI is InChI=1S/C13H24N2O4/c14-11-4-6-13(17,7-5-11)10-18-19-12(16)15-8-2-1-3-9-15/h11,17H,1-10,14H2. The molecule has 2 aliphatic rings. The van der Waals surface area contributed by atoms with E-state index in [0.29, 0.717) is 12.8 Å². The zero-order valence-electron chi connectivity index (χ0n) is 11.3. The SMILES string of the molecule is NC1CCC(O)(COOC(=O)N2CCCCC2)CC1. The number of likely N-dealkylation sites (tertiary alicyclic amines) is 1. The first kappa shape index (κ1) is 14.6. The van der Waals surface area contributed by atoms with Crippen LogP contribution in [0.4, 0.5) is 4.79 Å². The van der Waals surface area contributed by atoms with Crippen LogP contribution in [-0.2, 0) is 9.78 Å². The molecule has 2 rings (SSSR count). The van der Waals surface area contributed by atoms with E-state index in [-0.39, 0.29) is 12.6 Å². The van der Waals surface area contributed by atoms with Gasteiger partial charge in [0.25, 0.3) is 0 Å². The van der Waals surface area contributed by atoms with Crippen molar-refractivity contribution in [2.45, 2.75) is 56.6 Å². The van der Waals surface area contributed by atoms with E-state index in [9.17, 15) is 9.90 Å². The Labute approximate surface area is 113 Å². The van der Waals surface area contributed by atoms with Crippen molar-refractivity contribution in [1.29, 1.82) is 0 Å². The molecule has 0 bridgehead atoms. The van der Waals surface area contributed by atoms with Crippen molar-refractivity contribution in [3.63, 3.8) is 0 Å². The van der Waals surface area contributed by atoms with Crippen LogP contribution in [0.3, 0.4) is 0 Å². The molecule has 6 nitrogen and oxygen atoms in total. The highest BCUT2D eigenvalue weighted by Crippen LogP contribution is 2.27. The number of nitrogens with two attached hydrogens (primary N) is 1. The van der Waals surface area contributed by atoms with Crippen molar-refractivity contribution in [3.8, 4) is 0 Å². The van der Waals surface area contributed by atoms with Crippen LogP contribution in [0.2, 0.25) is 0 Å². The molecule has 0 spiro atoms. The van der Waals surface area contributed by atoms with Crippen LogP contribution < -0.4 is 5.73 Å². The predicted molar refractivity (Wildman–Crippen MR) is 69.3 cm³/mol. The van der Waals surface area contributed by atoms with Gasteiger partial charge in [0.15, 0.2) is 0 Å². The summed E-state index contributed by atoms with van der Waals surface area (Å²) in [5, 5.41) is 10.2. The smallest absolute Gasteiger partial charge is 0.387 e. The van der Waals surface area contributed by atoms with E-state index in [0.717, 1.165) is 45.2 Å². The maximum Gasteiger partial charge on any atom is 0.441 e. The van der Waals surface area contributed by atoms with Gasteiger partial charge >= 0.3 is 6.09 Å². The monoisotopic (exact) mass is 272 g/mol. The van der Waals surface area contributed by atoms with Gasteiger partial charge in [-0.1, -0.05) is 0 Å². The van der Waals surface area contributed by atoms with E-state index in [1.54, 1.807) is 4.90 Å². The summed E-state index contributed by atoms with van der Waals surface area (Å²) in [5.74, 6) is 0. The third kappa shape index (κ3) is 4.33. The van der Waals surface area contributed by atoms with E-state index in [1.165, 1.54) is 0 Å². The molecule has 2 fully saturated rings. The highest BCUT2D eigenvalue weighted by molar-refractivity contribution is 5.66. The van der Waals surface area contributed by atoms with E-state index >= 15 is 0 Å². The number of hydrogen-bond acceptors (Lipinski definition) is 5. The first-order valence-electron chi connectivity index (χ1n) is 7.15. The third-order valence-electron chi connectivity index (χ3n) is 4.03. The molecule has 1 amide bonds. The van der Waals surface area contributed by atoms with Crippen LogP contribution in [0, 0.1) is 0 Å². The second kappa shape index (κ2) is 6.54. The average molecular weight is 272 g/mol. The van der Waals surface area contributed by atoms with Crippen LogP contribution in [0.1, 0.15) is 44.9 Å². The lowest BCUT2D eigenvalue weighted by Gasteiger charge is -2.33. The predicted octanol–water partition coefficient (Wildman–Crippen LogP) is 1.17. The Morgan fingerprint density at radius 1 is 1.26 bits per heavy atom. The lowest BCUT2D eigenvalue weighted by atomic mass is 9.83. The maximum absolute atomic E-state index is 11.7. The van der Waals surface area contributed by atoms with Crippen molar-refractivity contribution < 1.29 is 19.7 Å². The van der Waals surface area contributed by atoms with Crippen LogP contribution in [0.25, 0.3) is 0 Å². The van der Waals surface area contributed by atoms with Gasteiger partial charge in [0.2, 0.25) is 0 Å². The molecule has 0 aromatic carbocycles. The van der Waals surface area contributed by atoms with E-state index in [4.69, 9.17) is 15.5 Å². The molecule has 1 aliphatic carbocycles. The summed E-state index contributed by atoms with van der Waals surface area (Å²) in [7, 11) is 0. The minimum Gasteiger partial charge on any atom is -0.387 e. The highest BCUT2D eigenvalue weighted by atomic mass is 17.2. The van der Waals surface area contributed by atoms with Crippen molar-refractivity contribution in [2.75, 3.05) is 19.7 Å². The van der Waals surface area contributed by atoms with Crippen molar-refractivity contribution in [1.82, 2.24) is 4.90 Å². The average Bonchev–Trinajstić information content (AvgIpc) is 2.43. The van der Waals surface area contributed by atoms with Gasteiger partial charge in [-0.3, -0.25) is 4.89 Å². The number of piperidine rings is 1. The van der Waals surface area contributed by atoms with E-state index in [2.05, 4.69) is 0 Å². The Morgan fingerprint density at radius 3 is 2.53 bits per heavy atom. The molecule has 1 heterocycles. The van der Waals surface area contributed by atoms with Crippen molar-refractivity contribution in [3.05, 3.63) is 0 Å². The lowest BCUT2D eigenvalue weighted by molar-refractivity contribution is -0.277. The molecule has 6 heteroatoms. The van der Waals surface area contributed by atoms with Crippen LogP contribution in [-0.4, -0.2) is 47.4 Å². The van der Waals surface area contributed by atoms with Gasteiger partial charge in [0.1, 0.15) is 6.61 Å². The molecule has 1 saturated heterocycles. The number of nitrogens with zero attached hydrogens (tertiary/aromatic N) is 1. The number of carbonyl (C=O) groups excluding carboxylic acids is 1. The summed E-state index contributed by atoms with van der Waals surface area (Å²) in [5.41, 5.74) is 4.88. The summed E-state index contributed by atoms with van der Waals surface area (Å²) in [6.45, 7) is 1.47. The Balaban J connectivity index is 1.66. The molecule has 0 unspecified atom stereocenters. The molecule has 1 saturated carbocycles. The number of rotatable bonds is 3. The molecule has 1 aliphatic heterocycles.